The van der Waals surface area contributed by atoms with E-state index in [4.69, 9.17) is 4.98 Å². The number of anilines is 1. The molecule has 0 saturated carbocycles. The minimum atomic E-state index is 0.466. The normalized spacial score (nSPS) is 12.9. The fourth-order valence-corrected chi connectivity index (χ4v) is 3.84. The molecule has 1 aromatic heterocycles. The highest BCUT2D eigenvalue weighted by atomic mass is 127. The van der Waals surface area contributed by atoms with Crippen molar-refractivity contribution in [3.8, 4) is 0 Å². The van der Waals surface area contributed by atoms with Crippen LogP contribution in [0.15, 0.2) is 42.5 Å². The Kier molecular flexibility index (Phi) is 5.02. The SMILES string of the molecule is CC(I)c1cccc2sc(C=Cc3ccc(N(C)C)cc3)nc12. The van der Waals surface area contributed by atoms with Crippen LogP contribution in [0.1, 0.15) is 27.0 Å². The molecule has 0 aliphatic carbocycles. The molecule has 0 bridgehead atoms. The predicted octanol–water partition coefficient (Wildman–Crippen LogP) is 6.03. The number of rotatable bonds is 4. The Labute approximate surface area is 155 Å². The van der Waals surface area contributed by atoms with Gasteiger partial charge in [-0.2, -0.15) is 0 Å². The van der Waals surface area contributed by atoms with E-state index in [1.54, 1.807) is 11.3 Å². The summed E-state index contributed by atoms with van der Waals surface area (Å²) in [7, 11) is 4.11. The van der Waals surface area contributed by atoms with Crippen molar-refractivity contribution in [2.75, 3.05) is 19.0 Å². The van der Waals surface area contributed by atoms with Crippen LogP contribution in [-0.4, -0.2) is 19.1 Å². The summed E-state index contributed by atoms with van der Waals surface area (Å²) < 4.78 is 1.72. The van der Waals surface area contributed by atoms with Gasteiger partial charge < -0.3 is 4.90 Å². The first-order valence-electron chi connectivity index (χ1n) is 7.53. The van der Waals surface area contributed by atoms with Crippen LogP contribution in [0, 0.1) is 0 Å². The van der Waals surface area contributed by atoms with Gasteiger partial charge in [0.25, 0.3) is 0 Å². The van der Waals surface area contributed by atoms with Crippen LogP contribution in [-0.2, 0) is 0 Å². The van der Waals surface area contributed by atoms with Gasteiger partial charge in [-0.25, -0.2) is 4.98 Å². The highest BCUT2D eigenvalue weighted by Gasteiger charge is 2.10. The van der Waals surface area contributed by atoms with Gasteiger partial charge in [-0.05, 0) is 42.3 Å². The second-order valence-corrected chi connectivity index (χ2v) is 8.61. The maximum absolute atomic E-state index is 4.81. The molecule has 0 N–H and O–H groups in total. The van der Waals surface area contributed by atoms with E-state index in [-0.39, 0.29) is 0 Å². The van der Waals surface area contributed by atoms with E-state index in [2.05, 4.69) is 103 Å². The van der Waals surface area contributed by atoms with Gasteiger partial charge in [0, 0.05) is 23.7 Å². The van der Waals surface area contributed by atoms with Crippen molar-refractivity contribution in [3.05, 3.63) is 58.6 Å². The van der Waals surface area contributed by atoms with E-state index in [0.29, 0.717) is 3.92 Å². The summed E-state index contributed by atoms with van der Waals surface area (Å²) in [5.41, 5.74) is 4.86. The third-order valence-corrected chi connectivity index (χ3v) is 5.38. The van der Waals surface area contributed by atoms with E-state index >= 15 is 0 Å². The zero-order valence-electron chi connectivity index (χ0n) is 13.5. The Bertz CT molecular complexity index is 832. The average Bonchev–Trinajstić information content (AvgIpc) is 2.95. The van der Waals surface area contributed by atoms with E-state index in [1.807, 2.05) is 0 Å². The zero-order chi connectivity index (χ0) is 16.4. The lowest BCUT2D eigenvalue weighted by atomic mass is 10.1. The molecule has 1 heterocycles. The van der Waals surface area contributed by atoms with Gasteiger partial charge in [0.15, 0.2) is 0 Å². The molecule has 4 heteroatoms. The number of hydrogen-bond acceptors (Lipinski definition) is 3. The number of fused-ring (bicyclic) bond motifs is 1. The molecule has 1 unspecified atom stereocenters. The van der Waals surface area contributed by atoms with Crippen molar-refractivity contribution in [1.82, 2.24) is 4.98 Å². The summed E-state index contributed by atoms with van der Waals surface area (Å²) >= 11 is 4.19. The fourth-order valence-electron chi connectivity index (χ4n) is 2.43. The summed E-state index contributed by atoms with van der Waals surface area (Å²) in [5.74, 6) is 0. The number of aromatic nitrogens is 1. The van der Waals surface area contributed by atoms with E-state index in [0.717, 1.165) is 10.5 Å². The molecule has 118 valence electrons. The Hall–Kier alpha value is -1.40. The topological polar surface area (TPSA) is 16.1 Å². The largest absolute Gasteiger partial charge is 0.378 e. The smallest absolute Gasteiger partial charge is 0.117 e. The van der Waals surface area contributed by atoms with E-state index < -0.39 is 0 Å². The molecule has 2 nitrogen and oxygen atoms in total. The number of hydrogen-bond donors (Lipinski definition) is 0. The van der Waals surface area contributed by atoms with Gasteiger partial charge in [-0.1, -0.05) is 52.9 Å². The molecule has 0 amide bonds. The third kappa shape index (κ3) is 3.75. The minimum absolute atomic E-state index is 0.466. The average molecular weight is 434 g/mol. The Morgan fingerprint density at radius 3 is 2.48 bits per heavy atom. The number of benzene rings is 2. The van der Waals surface area contributed by atoms with Gasteiger partial charge in [0.05, 0.1) is 10.2 Å². The summed E-state index contributed by atoms with van der Waals surface area (Å²) in [4.78, 5) is 6.92. The fraction of sp³-hybridized carbons (Fsp3) is 0.211. The van der Waals surface area contributed by atoms with Crippen LogP contribution < -0.4 is 4.90 Å². The molecule has 23 heavy (non-hydrogen) atoms. The van der Waals surface area contributed by atoms with Gasteiger partial charge in [-0.15, -0.1) is 11.3 Å². The summed E-state index contributed by atoms with van der Waals surface area (Å²) in [6.07, 6.45) is 4.24. The first kappa shape index (κ1) is 16.5. The van der Waals surface area contributed by atoms with Gasteiger partial charge in [-0.3, -0.25) is 0 Å². The molecule has 0 spiro atoms. The predicted molar refractivity (Wildman–Crippen MR) is 112 cm³/mol. The Morgan fingerprint density at radius 2 is 1.83 bits per heavy atom. The third-order valence-electron chi connectivity index (χ3n) is 3.72. The monoisotopic (exact) mass is 434 g/mol. The molecule has 0 aliphatic rings. The van der Waals surface area contributed by atoms with Crippen LogP contribution in [0.25, 0.3) is 22.4 Å². The highest BCUT2D eigenvalue weighted by Crippen LogP contribution is 2.32. The lowest BCUT2D eigenvalue weighted by Gasteiger charge is -2.11. The van der Waals surface area contributed by atoms with Crippen molar-refractivity contribution in [2.45, 2.75) is 10.8 Å². The maximum Gasteiger partial charge on any atom is 0.117 e. The lowest BCUT2D eigenvalue weighted by molar-refractivity contribution is 1.13. The number of alkyl halides is 1. The van der Waals surface area contributed by atoms with Gasteiger partial charge in [0.2, 0.25) is 0 Å². The molecule has 1 atom stereocenters. The summed E-state index contributed by atoms with van der Waals surface area (Å²) in [6, 6.07) is 15.0. The molecule has 0 radical (unpaired) electrons. The quantitative estimate of drug-likeness (QED) is 0.368. The number of halogens is 1. The van der Waals surface area contributed by atoms with Crippen LogP contribution in [0.3, 0.4) is 0 Å². The van der Waals surface area contributed by atoms with Crippen LogP contribution in [0.4, 0.5) is 5.69 Å². The van der Waals surface area contributed by atoms with Crippen molar-refractivity contribution < 1.29 is 0 Å². The van der Waals surface area contributed by atoms with Crippen molar-refractivity contribution in [1.29, 1.82) is 0 Å². The zero-order valence-corrected chi connectivity index (χ0v) is 16.4. The first-order valence-corrected chi connectivity index (χ1v) is 9.60. The molecular weight excluding hydrogens is 415 g/mol. The number of thiazole rings is 1. The number of para-hydroxylation sites is 1. The van der Waals surface area contributed by atoms with Crippen molar-refractivity contribution in [3.63, 3.8) is 0 Å². The molecular formula is C19H19IN2S. The molecule has 3 rings (SSSR count). The lowest BCUT2D eigenvalue weighted by Crippen LogP contribution is -2.07. The summed E-state index contributed by atoms with van der Waals surface area (Å²) in [5, 5.41) is 1.06. The Balaban J connectivity index is 1.87. The van der Waals surface area contributed by atoms with Gasteiger partial charge in [0.1, 0.15) is 5.01 Å². The van der Waals surface area contributed by atoms with Crippen molar-refractivity contribution >= 4 is 62.0 Å². The van der Waals surface area contributed by atoms with Crippen LogP contribution in [0.5, 0.6) is 0 Å². The molecule has 3 aromatic rings. The number of nitrogens with zero attached hydrogens (tertiary/aromatic N) is 2. The molecule has 0 aliphatic heterocycles. The van der Waals surface area contributed by atoms with Crippen molar-refractivity contribution in [2.24, 2.45) is 0 Å². The molecule has 0 fully saturated rings. The van der Waals surface area contributed by atoms with Gasteiger partial charge >= 0.3 is 0 Å². The standard InChI is InChI=1S/C19H19IN2S/c1-13(20)16-5-4-6-17-19(16)21-18(23-17)12-9-14-7-10-15(11-8-14)22(2)3/h4-13H,1-3H3. The van der Waals surface area contributed by atoms with E-state index in [1.165, 1.54) is 21.5 Å². The second-order valence-electron chi connectivity index (χ2n) is 5.68. The van der Waals surface area contributed by atoms with Crippen LogP contribution in [0.2, 0.25) is 0 Å². The van der Waals surface area contributed by atoms with E-state index in [9.17, 15) is 0 Å². The second kappa shape index (κ2) is 7.01. The van der Waals surface area contributed by atoms with Crippen LogP contribution >= 0.6 is 33.9 Å². The Morgan fingerprint density at radius 1 is 1.09 bits per heavy atom. The minimum Gasteiger partial charge on any atom is -0.378 e. The molecule has 2 aromatic carbocycles. The first-order chi connectivity index (χ1) is 11.0. The molecule has 0 saturated heterocycles. The summed E-state index contributed by atoms with van der Waals surface area (Å²) in [6.45, 7) is 2.20. The maximum atomic E-state index is 4.81. The highest BCUT2D eigenvalue weighted by molar-refractivity contribution is 14.1.